The molecule has 2 N–H and O–H groups in total. The summed E-state index contributed by atoms with van der Waals surface area (Å²) in [7, 11) is 0. The molecule has 1 saturated heterocycles. The Morgan fingerprint density at radius 3 is 2.25 bits per heavy atom. The molecule has 0 bridgehead atoms. The van der Waals surface area contributed by atoms with Crippen LogP contribution in [0.1, 0.15) is 24.5 Å². The van der Waals surface area contributed by atoms with E-state index in [1.54, 1.807) is 0 Å². The molecule has 20 heavy (non-hydrogen) atoms. The van der Waals surface area contributed by atoms with Gasteiger partial charge in [-0.15, -0.1) is 0 Å². The number of aliphatic hydroxyl groups is 1. The number of hydrogen-bond donors (Lipinski definition) is 2. The largest absolute Gasteiger partial charge is 0.386 e. The van der Waals surface area contributed by atoms with Crippen LogP contribution in [0.3, 0.4) is 0 Å². The standard InChI is InChI=1S/C17H17NO2/c19-16-11-10-15(18-16)17(20)14-8-6-13(7-9-14)12-4-2-1-3-5-12/h1-9,15,17,20H,10-11H2,(H,18,19)/t15?,17-/m1/s1. The smallest absolute Gasteiger partial charge is 0.220 e. The fourth-order valence-electron chi connectivity index (χ4n) is 2.61. The summed E-state index contributed by atoms with van der Waals surface area (Å²) in [6.45, 7) is 0. The number of carbonyl (C=O) groups is 1. The van der Waals surface area contributed by atoms with Gasteiger partial charge in [0.05, 0.1) is 12.1 Å². The zero-order valence-corrected chi connectivity index (χ0v) is 11.1. The van der Waals surface area contributed by atoms with E-state index in [9.17, 15) is 9.90 Å². The maximum atomic E-state index is 11.2. The predicted octanol–water partition coefficient (Wildman–Crippen LogP) is 2.67. The summed E-state index contributed by atoms with van der Waals surface area (Å²) in [5, 5.41) is 13.1. The molecule has 1 unspecified atom stereocenters. The van der Waals surface area contributed by atoms with E-state index >= 15 is 0 Å². The summed E-state index contributed by atoms with van der Waals surface area (Å²) in [4.78, 5) is 11.2. The zero-order chi connectivity index (χ0) is 13.9. The van der Waals surface area contributed by atoms with E-state index < -0.39 is 6.10 Å². The van der Waals surface area contributed by atoms with Crippen LogP contribution in [0.25, 0.3) is 11.1 Å². The number of rotatable bonds is 3. The van der Waals surface area contributed by atoms with E-state index in [2.05, 4.69) is 17.4 Å². The summed E-state index contributed by atoms with van der Waals surface area (Å²) >= 11 is 0. The Balaban J connectivity index is 1.78. The van der Waals surface area contributed by atoms with E-state index in [1.165, 1.54) is 0 Å². The van der Waals surface area contributed by atoms with Gasteiger partial charge in [0, 0.05) is 6.42 Å². The van der Waals surface area contributed by atoms with Crippen LogP contribution in [-0.2, 0) is 4.79 Å². The lowest BCUT2D eigenvalue weighted by Gasteiger charge is -2.18. The first kappa shape index (κ1) is 12.9. The van der Waals surface area contributed by atoms with Crippen LogP contribution in [0.15, 0.2) is 54.6 Å². The maximum Gasteiger partial charge on any atom is 0.220 e. The minimum atomic E-state index is -0.633. The number of amides is 1. The first-order valence-electron chi connectivity index (χ1n) is 6.87. The molecule has 1 fully saturated rings. The quantitative estimate of drug-likeness (QED) is 0.898. The average Bonchev–Trinajstić information content (AvgIpc) is 2.94. The molecule has 1 amide bonds. The molecule has 0 aromatic heterocycles. The van der Waals surface area contributed by atoms with Crippen LogP contribution in [0, 0.1) is 0 Å². The highest BCUT2D eigenvalue weighted by molar-refractivity contribution is 5.78. The van der Waals surface area contributed by atoms with Crippen LogP contribution in [0.2, 0.25) is 0 Å². The highest BCUT2D eigenvalue weighted by Crippen LogP contribution is 2.26. The molecular formula is C17H17NO2. The third-order valence-electron chi connectivity index (χ3n) is 3.77. The zero-order valence-electron chi connectivity index (χ0n) is 11.1. The minimum absolute atomic E-state index is 0.0231. The molecule has 3 nitrogen and oxygen atoms in total. The second-order valence-corrected chi connectivity index (χ2v) is 5.15. The lowest BCUT2D eigenvalue weighted by atomic mass is 9.98. The summed E-state index contributed by atoms with van der Waals surface area (Å²) in [6, 6.07) is 17.8. The molecule has 0 radical (unpaired) electrons. The Kier molecular flexibility index (Phi) is 3.52. The normalized spacial score (nSPS) is 19.6. The Morgan fingerprint density at radius 2 is 1.65 bits per heavy atom. The van der Waals surface area contributed by atoms with Crippen molar-refractivity contribution in [2.24, 2.45) is 0 Å². The predicted molar refractivity (Wildman–Crippen MR) is 78.0 cm³/mol. The van der Waals surface area contributed by atoms with Crippen molar-refractivity contribution in [3.63, 3.8) is 0 Å². The molecule has 0 spiro atoms. The van der Waals surface area contributed by atoms with Crippen molar-refractivity contribution in [1.82, 2.24) is 5.32 Å². The highest BCUT2D eigenvalue weighted by atomic mass is 16.3. The Labute approximate surface area is 118 Å². The van der Waals surface area contributed by atoms with E-state index in [-0.39, 0.29) is 11.9 Å². The van der Waals surface area contributed by atoms with Crippen molar-refractivity contribution in [3.05, 3.63) is 60.2 Å². The molecule has 1 heterocycles. The Morgan fingerprint density at radius 1 is 1.00 bits per heavy atom. The van der Waals surface area contributed by atoms with Crippen LogP contribution in [-0.4, -0.2) is 17.1 Å². The molecule has 2 aromatic rings. The molecule has 3 heteroatoms. The number of benzene rings is 2. The van der Waals surface area contributed by atoms with Crippen molar-refractivity contribution >= 4 is 5.91 Å². The second-order valence-electron chi connectivity index (χ2n) is 5.15. The van der Waals surface area contributed by atoms with Crippen LogP contribution < -0.4 is 5.32 Å². The van der Waals surface area contributed by atoms with E-state index in [0.717, 1.165) is 16.7 Å². The Hall–Kier alpha value is -2.13. The lowest BCUT2D eigenvalue weighted by molar-refractivity contribution is -0.119. The van der Waals surface area contributed by atoms with Gasteiger partial charge in [0.25, 0.3) is 0 Å². The summed E-state index contributed by atoms with van der Waals surface area (Å²) in [6.07, 6.45) is 0.566. The minimum Gasteiger partial charge on any atom is -0.386 e. The van der Waals surface area contributed by atoms with E-state index in [0.29, 0.717) is 12.8 Å². The van der Waals surface area contributed by atoms with Crippen LogP contribution in [0.4, 0.5) is 0 Å². The van der Waals surface area contributed by atoms with E-state index in [4.69, 9.17) is 0 Å². The van der Waals surface area contributed by atoms with Gasteiger partial charge in [-0.2, -0.15) is 0 Å². The van der Waals surface area contributed by atoms with Crippen molar-refractivity contribution in [2.75, 3.05) is 0 Å². The van der Waals surface area contributed by atoms with Crippen molar-refractivity contribution in [1.29, 1.82) is 0 Å². The number of nitrogens with one attached hydrogen (secondary N) is 1. The molecule has 102 valence electrons. The molecule has 2 aromatic carbocycles. The van der Waals surface area contributed by atoms with Gasteiger partial charge in [-0.1, -0.05) is 54.6 Å². The van der Waals surface area contributed by atoms with Gasteiger partial charge in [0.1, 0.15) is 0 Å². The van der Waals surface area contributed by atoms with Gasteiger partial charge >= 0.3 is 0 Å². The lowest BCUT2D eigenvalue weighted by Crippen LogP contribution is -2.31. The fraction of sp³-hybridized carbons (Fsp3) is 0.235. The van der Waals surface area contributed by atoms with Gasteiger partial charge in [0.2, 0.25) is 5.91 Å². The van der Waals surface area contributed by atoms with E-state index in [1.807, 2.05) is 42.5 Å². The summed E-state index contributed by atoms with van der Waals surface area (Å²) in [5.74, 6) is 0.0231. The second kappa shape index (κ2) is 5.47. The SMILES string of the molecule is O=C1CCC([C@H](O)c2ccc(-c3ccccc3)cc2)N1. The maximum absolute atomic E-state index is 11.2. The van der Waals surface area contributed by atoms with Crippen molar-refractivity contribution in [3.8, 4) is 11.1 Å². The fourth-order valence-corrected chi connectivity index (χ4v) is 2.61. The topological polar surface area (TPSA) is 49.3 Å². The van der Waals surface area contributed by atoms with Gasteiger partial charge in [0.15, 0.2) is 0 Å². The van der Waals surface area contributed by atoms with Crippen LogP contribution in [0.5, 0.6) is 0 Å². The average molecular weight is 267 g/mol. The van der Waals surface area contributed by atoms with Gasteiger partial charge in [-0.3, -0.25) is 4.79 Å². The van der Waals surface area contributed by atoms with Gasteiger partial charge in [-0.05, 0) is 23.1 Å². The number of aliphatic hydroxyl groups excluding tert-OH is 1. The molecule has 0 aliphatic carbocycles. The molecular weight excluding hydrogens is 250 g/mol. The highest BCUT2D eigenvalue weighted by Gasteiger charge is 2.28. The monoisotopic (exact) mass is 267 g/mol. The number of hydrogen-bond acceptors (Lipinski definition) is 2. The third kappa shape index (κ3) is 2.58. The van der Waals surface area contributed by atoms with Crippen molar-refractivity contribution < 1.29 is 9.90 Å². The molecule has 1 aliphatic heterocycles. The third-order valence-corrected chi connectivity index (χ3v) is 3.77. The van der Waals surface area contributed by atoms with Gasteiger partial charge < -0.3 is 10.4 Å². The molecule has 0 saturated carbocycles. The Bertz CT molecular complexity index is 592. The summed E-state index contributed by atoms with van der Waals surface area (Å²) in [5.41, 5.74) is 3.12. The first-order chi connectivity index (χ1) is 9.74. The van der Waals surface area contributed by atoms with Gasteiger partial charge in [-0.25, -0.2) is 0 Å². The molecule has 3 rings (SSSR count). The van der Waals surface area contributed by atoms with Crippen LogP contribution >= 0.6 is 0 Å². The molecule has 2 atom stereocenters. The summed E-state index contributed by atoms with van der Waals surface area (Å²) < 4.78 is 0. The van der Waals surface area contributed by atoms with Crippen molar-refractivity contribution in [2.45, 2.75) is 25.0 Å². The first-order valence-corrected chi connectivity index (χ1v) is 6.87. The number of carbonyl (C=O) groups excluding carboxylic acids is 1. The molecule has 1 aliphatic rings.